The highest BCUT2D eigenvalue weighted by Gasteiger charge is 2.27. The highest BCUT2D eigenvalue weighted by atomic mass is 35.5. The highest BCUT2D eigenvalue weighted by Crippen LogP contribution is 2.28. The summed E-state index contributed by atoms with van der Waals surface area (Å²) in [7, 11) is 0. The van der Waals surface area contributed by atoms with Gasteiger partial charge in [-0.05, 0) is 31.4 Å². The van der Waals surface area contributed by atoms with Crippen LogP contribution in [0.25, 0.3) is 0 Å². The molecule has 0 atom stereocenters. The summed E-state index contributed by atoms with van der Waals surface area (Å²) in [5.41, 5.74) is 5.98. The third-order valence-corrected chi connectivity index (χ3v) is 3.35. The van der Waals surface area contributed by atoms with Gasteiger partial charge in [0, 0.05) is 18.6 Å². The molecule has 2 heterocycles. The molecule has 1 aromatic rings. The highest BCUT2D eigenvalue weighted by molar-refractivity contribution is 6.33. The third-order valence-electron chi connectivity index (χ3n) is 2.90. The Labute approximate surface area is 105 Å². The zero-order chi connectivity index (χ0) is 11.8. The molecule has 2 rings (SSSR count). The van der Waals surface area contributed by atoms with Crippen molar-refractivity contribution in [2.75, 3.05) is 18.0 Å². The van der Waals surface area contributed by atoms with Gasteiger partial charge >= 0.3 is 0 Å². The Balaban J connectivity index is 2.17. The molecule has 1 saturated heterocycles. The van der Waals surface area contributed by atoms with E-state index >= 15 is 0 Å². The van der Waals surface area contributed by atoms with E-state index in [0.717, 1.165) is 25.9 Å². The molecule has 1 aromatic heterocycles. The van der Waals surface area contributed by atoms with E-state index in [4.69, 9.17) is 28.9 Å². The van der Waals surface area contributed by atoms with E-state index in [0.29, 0.717) is 10.8 Å². The second-order valence-electron chi connectivity index (χ2n) is 4.45. The zero-order valence-electron chi connectivity index (χ0n) is 9.08. The normalized spacial score (nSPS) is 19.9. The van der Waals surface area contributed by atoms with Crippen LogP contribution in [0.3, 0.4) is 0 Å². The summed E-state index contributed by atoms with van der Waals surface area (Å²) < 4.78 is 0. The SMILES string of the molecule is CC1(N)CCN(c2nc(Cl)ncc2Cl)CC1. The number of anilines is 1. The standard InChI is InChI=1S/C10H14Cl2N4/c1-10(13)2-4-16(5-3-10)8-7(11)6-14-9(12)15-8/h6H,2-5,13H2,1H3. The maximum Gasteiger partial charge on any atom is 0.224 e. The molecule has 1 aliphatic heterocycles. The molecular weight excluding hydrogens is 247 g/mol. The van der Waals surface area contributed by atoms with Gasteiger partial charge in [0.25, 0.3) is 0 Å². The Bertz CT molecular complexity index is 384. The van der Waals surface area contributed by atoms with Gasteiger partial charge in [-0.3, -0.25) is 0 Å². The summed E-state index contributed by atoms with van der Waals surface area (Å²) in [6, 6.07) is 0. The van der Waals surface area contributed by atoms with Crippen LogP contribution in [0.2, 0.25) is 10.3 Å². The summed E-state index contributed by atoms with van der Waals surface area (Å²) in [5.74, 6) is 0.706. The number of hydrogen-bond acceptors (Lipinski definition) is 4. The maximum absolute atomic E-state index is 6.07. The predicted octanol–water partition coefficient (Wildman–Crippen LogP) is 2.10. The number of halogens is 2. The minimum atomic E-state index is -0.0835. The average molecular weight is 261 g/mol. The average Bonchev–Trinajstić information content (AvgIpc) is 2.22. The molecule has 2 N–H and O–H groups in total. The van der Waals surface area contributed by atoms with Gasteiger partial charge in [-0.1, -0.05) is 11.6 Å². The van der Waals surface area contributed by atoms with Crippen molar-refractivity contribution in [3.8, 4) is 0 Å². The van der Waals surface area contributed by atoms with E-state index in [-0.39, 0.29) is 10.8 Å². The Morgan fingerprint density at radius 3 is 2.62 bits per heavy atom. The number of hydrogen-bond donors (Lipinski definition) is 1. The van der Waals surface area contributed by atoms with Gasteiger partial charge in [0.1, 0.15) is 5.02 Å². The first-order valence-corrected chi connectivity index (χ1v) is 5.95. The summed E-state index contributed by atoms with van der Waals surface area (Å²) in [4.78, 5) is 10.1. The molecule has 6 heteroatoms. The summed E-state index contributed by atoms with van der Waals surface area (Å²) in [6.07, 6.45) is 3.37. The van der Waals surface area contributed by atoms with Gasteiger partial charge in [0.2, 0.25) is 5.28 Å². The molecule has 0 aromatic carbocycles. The largest absolute Gasteiger partial charge is 0.355 e. The minimum absolute atomic E-state index is 0.0835. The van der Waals surface area contributed by atoms with Crippen LogP contribution in [0.4, 0.5) is 5.82 Å². The fourth-order valence-electron chi connectivity index (χ4n) is 1.79. The van der Waals surface area contributed by atoms with Crippen molar-refractivity contribution in [3.63, 3.8) is 0 Å². The Hall–Kier alpha value is -0.580. The van der Waals surface area contributed by atoms with Crippen LogP contribution >= 0.6 is 23.2 Å². The maximum atomic E-state index is 6.07. The zero-order valence-corrected chi connectivity index (χ0v) is 10.6. The van der Waals surface area contributed by atoms with E-state index in [1.54, 1.807) is 0 Å². The smallest absolute Gasteiger partial charge is 0.224 e. The molecule has 0 aliphatic carbocycles. The molecule has 4 nitrogen and oxygen atoms in total. The van der Waals surface area contributed by atoms with Crippen molar-refractivity contribution in [1.29, 1.82) is 0 Å². The fourth-order valence-corrected chi connectivity index (χ4v) is 2.13. The van der Waals surface area contributed by atoms with Gasteiger partial charge < -0.3 is 10.6 Å². The topological polar surface area (TPSA) is 55.0 Å². The van der Waals surface area contributed by atoms with Crippen molar-refractivity contribution >= 4 is 29.0 Å². The molecule has 1 aliphatic rings. The second kappa shape index (κ2) is 4.35. The first kappa shape index (κ1) is 11.9. The first-order chi connectivity index (χ1) is 7.48. The van der Waals surface area contributed by atoms with Crippen LogP contribution in [-0.2, 0) is 0 Å². The van der Waals surface area contributed by atoms with Crippen LogP contribution < -0.4 is 10.6 Å². The molecule has 0 amide bonds. The molecule has 16 heavy (non-hydrogen) atoms. The lowest BCUT2D eigenvalue weighted by Gasteiger charge is -2.37. The Kier molecular flexibility index (Phi) is 3.24. The molecule has 0 spiro atoms. The van der Waals surface area contributed by atoms with Crippen molar-refractivity contribution in [2.45, 2.75) is 25.3 Å². The summed E-state index contributed by atoms with van der Waals surface area (Å²) in [6.45, 7) is 3.76. The summed E-state index contributed by atoms with van der Waals surface area (Å²) in [5, 5.41) is 0.755. The molecule has 88 valence electrons. The first-order valence-electron chi connectivity index (χ1n) is 5.20. The lowest BCUT2D eigenvalue weighted by atomic mass is 9.91. The van der Waals surface area contributed by atoms with Crippen LogP contribution in [0.15, 0.2) is 6.20 Å². The third kappa shape index (κ3) is 2.56. The van der Waals surface area contributed by atoms with Crippen molar-refractivity contribution < 1.29 is 0 Å². The Morgan fingerprint density at radius 1 is 1.38 bits per heavy atom. The number of piperidine rings is 1. The molecular formula is C10H14Cl2N4. The van der Waals surface area contributed by atoms with Crippen LogP contribution in [0, 0.1) is 0 Å². The summed E-state index contributed by atoms with van der Waals surface area (Å²) >= 11 is 11.8. The molecule has 0 saturated carbocycles. The van der Waals surface area contributed by atoms with E-state index in [2.05, 4.69) is 21.8 Å². The van der Waals surface area contributed by atoms with E-state index in [9.17, 15) is 0 Å². The molecule has 0 unspecified atom stereocenters. The van der Waals surface area contributed by atoms with Crippen molar-refractivity contribution in [3.05, 3.63) is 16.5 Å². The lowest BCUT2D eigenvalue weighted by Crippen LogP contribution is -2.48. The van der Waals surface area contributed by atoms with Crippen molar-refractivity contribution in [1.82, 2.24) is 9.97 Å². The van der Waals surface area contributed by atoms with Gasteiger partial charge in [-0.2, -0.15) is 4.98 Å². The number of nitrogens with zero attached hydrogens (tertiary/aromatic N) is 3. The fraction of sp³-hybridized carbons (Fsp3) is 0.600. The van der Waals surface area contributed by atoms with Gasteiger partial charge in [0.15, 0.2) is 5.82 Å². The van der Waals surface area contributed by atoms with Crippen LogP contribution in [0.5, 0.6) is 0 Å². The van der Waals surface area contributed by atoms with E-state index < -0.39 is 0 Å². The van der Waals surface area contributed by atoms with E-state index in [1.807, 2.05) is 0 Å². The van der Waals surface area contributed by atoms with Gasteiger partial charge in [-0.25, -0.2) is 4.98 Å². The quantitative estimate of drug-likeness (QED) is 0.786. The Morgan fingerprint density at radius 2 is 2.00 bits per heavy atom. The number of rotatable bonds is 1. The molecule has 1 fully saturated rings. The number of nitrogens with two attached hydrogens (primary N) is 1. The lowest BCUT2D eigenvalue weighted by molar-refractivity contribution is 0.363. The second-order valence-corrected chi connectivity index (χ2v) is 5.20. The van der Waals surface area contributed by atoms with Crippen LogP contribution in [0.1, 0.15) is 19.8 Å². The van der Waals surface area contributed by atoms with Crippen molar-refractivity contribution in [2.24, 2.45) is 5.73 Å². The van der Waals surface area contributed by atoms with Gasteiger partial charge in [-0.15, -0.1) is 0 Å². The van der Waals surface area contributed by atoms with Gasteiger partial charge in [0.05, 0.1) is 6.20 Å². The monoisotopic (exact) mass is 260 g/mol. The predicted molar refractivity (Wildman–Crippen MR) is 66.1 cm³/mol. The molecule has 0 bridgehead atoms. The van der Waals surface area contributed by atoms with E-state index in [1.165, 1.54) is 6.20 Å². The molecule has 0 radical (unpaired) electrons. The minimum Gasteiger partial charge on any atom is -0.355 e. The van der Waals surface area contributed by atoms with Crippen LogP contribution in [-0.4, -0.2) is 28.6 Å². The number of aromatic nitrogens is 2.